The number of nitrogens with one attached hydrogen (secondary N) is 1. The molecule has 0 saturated heterocycles. The fourth-order valence-corrected chi connectivity index (χ4v) is 4.45. The molecule has 0 amide bonds. The zero-order valence-corrected chi connectivity index (χ0v) is 14.2. The van der Waals surface area contributed by atoms with Gasteiger partial charge in [-0.25, -0.2) is 0 Å². The van der Waals surface area contributed by atoms with Gasteiger partial charge in [-0.3, -0.25) is 0 Å². The smallest absolute Gasteiger partial charge is 0.0302 e. The number of nitrogens with two attached hydrogens (primary N) is 1. The molecule has 1 aliphatic rings. The van der Waals surface area contributed by atoms with Crippen molar-refractivity contribution in [3.63, 3.8) is 0 Å². The highest BCUT2D eigenvalue weighted by Crippen LogP contribution is 2.43. The van der Waals surface area contributed by atoms with Crippen LogP contribution < -0.4 is 11.1 Å². The van der Waals surface area contributed by atoms with Crippen molar-refractivity contribution in [2.75, 3.05) is 6.54 Å². The summed E-state index contributed by atoms with van der Waals surface area (Å²) in [5.41, 5.74) is 8.08. The third-order valence-electron chi connectivity index (χ3n) is 5.61. The Kier molecular flexibility index (Phi) is 5.27. The maximum Gasteiger partial charge on any atom is 0.0302 e. The minimum atomic E-state index is 0.341. The molecular weight excluding hydrogens is 264 g/mol. The van der Waals surface area contributed by atoms with E-state index in [1.54, 1.807) is 0 Å². The summed E-state index contributed by atoms with van der Waals surface area (Å²) in [5, 5.41) is 5.90. The predicted octanol–water partition coefficient (Wildman–Crippen LogP) is 3.80. The summed E-state index contributed by atoms with van der Waals surface area (Å²) in [7, 11) is 0. The van der Waals surface area contributed by atoms with Crippen molar-refractivity contribution in [3.05, 3.63) is 21.9 Å². The van der Waals surface area contributed by atoms with E-state index in [2.05, 4.69) is 44.5 Å². The van der Waals surface area contributed by atoms with Gasteiger partial charge < -0.3 is 11.1 Å². The predicted molar refractivity (Wildman–Crippen MR) is 89.0 cm³/mol. The number of hydrogen-bond acceptors (Lipinski definition) is 3. The average molecular weight is 295 g/mol. The molecule has 2 nitrogen and oxygen atoms in total. The highest BCUT2D eigenvalue weighted by atomic mass is 32.1. The van der Waals surface area contributed by atoms with Gasteiger partial charge in [0.15, 0.2) is 0 Å². The molecule has 0 spiro atoms. The van der Waals surface area contributed by atoms with Gasteiger partial charge >= 0.3 is 0 Å². The van der Waals surface area contributed by atoms with Gasteiger partial charge in [0.2, 0.25) is 0 Å². The molecule has 0 radical (unpaired) electrons. The Bertz CT molecular complexity index is 424. The van der Waals surface area contributed by atoms with Gasteiger partial charge in [-0.05, 0) is 60.1 Å². The molecule has 1 fully saturated rings. The van der Waals surface area contributed by atoms with E-state index < -0.39 is 0 Å². The van der Waals surface area contributed by atoms with Crippen molar-refractivity contribution >= 4 is 11.3 Å². The molecule has 0 aromatic carbocycles. The van der Waals surface area contributed by atoms with Gasteiger partial charge in [0, 0.05) is 17.5 Å². The molecule has 1 saturated carbocycles. The number of aryl methyl sites for hydroxylation is 1. The number of rotatable bonds is 5. The molecule has 1 aromatic heterocycles. The Balaban J connectivity index is 1.88. The Labute approximate surface area is 128 Å². The average Bonchev–Trinajstić information content (AvgIpc) is 2.86. The van der Waals surface area contributed by atoms with Crippen LogP contribution in [-0.2, 0) is 13.0 Å². The van der Waals surface area contributed by atoms with E-state index >= 15 is 0 Å². The summed E-state index contributed by atoms with van der Waals surface area (Å²) < 4.78 is 0. The van der Waals surface area contributed by atoms with Gasteiger partial charge in [0.1, 0.15) is 0 Å². The quantitative estimate of drug-likeness (QED) is 0.867. The standard InChI is InChI=1S/C17H30N2S/c1-5-13-8-9-20-16(13)11-19-10-14-6-7-15(18)12(2)17(14,3)4/h8-9,12,14-15,19H,5-7,10-11,18H2,1-4H3. The Morgan fingerprint density at radius 2 is 2.15 bits per heavy atom. The minimum Gasteiger partial charge on any atom is -0.327 e. The molecule has 1 heterocycles. The minimum absolute atomic E-state index is 0.341. The fraction of sp³-hybridized carbons (Fsp3) is 0.765. The van der Waals surface area contributed by atoms with Crippen molar-refractivity contribution in [1.29, 1.82) is 0 Å². The summed E-state index contributed by atoms with van der Waals surface area (Å²) in [5.74, 6) is 1.35. The van der Waals surface area contributed by atoms with Gasteiger partial charge in [0.05, 0.1) is 0 Å². The monoisotopic (exact) mass is 294 g/mol. The number of hydrogen-bond donors (Lipinski definition) is 2. The molecule has 114 valence electrons. The Morgan fingerprint density at radius 3 is 2.85 bits per heavy atom. The second-order valence-electron chi connectivity index (χ2n) is 6.90. The fourth-order valence-electron chi connectivity index (χ4n) is 3.50. The van der Waals surface area contributed by atoms with Gasteiger partial charge in [-0.1, -0.05) is 27.7 Å². The van der Waals surface area contributed by atoms with Crippen molar-refractivity contribution in [1.82, 2.24) is 5.32 Å². The first-order valence-corrected chi connectivity index (χ1v) is 8.86. The van der Waals surface area contributed by atoms with E-state index in [-0.39, 0.29) is 0 Å². The van der Waals surface area contributed by atoms with Gasteiger partial charge in [-0.15, -0.1) is 11.3 Å². The van der Waals surface area contributed by atoms with Gasteiger partial charge in [-0.2, -0.15) is 0 Å². The van der Waals surface area contributed by atoms with Crippen LogP contribution in [-0.4, -0.2) is 12.6 Å². The topological polar surface area (TPSA) is 38.0 Å². The van der Waals surface area contributed by atoms with Crippen molar-refractivity contribution < 1.29 is 0 Å². The maximum atomic E-state index is 6.24. The maximum absolute atomic E-state index is 6.24. The largest absolute Gasteiger partial charge is 0.327 e. The van der Waals surface area contributed by atoms with Crippen LogP contribution in [0.2, 0.25) is 0 Å². The lowest BCUT2D eigenvalue weighted by Crippen LogP contribution is -2.49. The van der Waals surface area contributed by atoms with Crippen LogP contribution in [0.4, 0.5) is 0 Å². The van der Waals surface area contributed by atoms with Crippen LogP contribution in [0.15, 0.2) is 11.4 Å². The second-order valence-corrected chi connectivity index (χ2v) is 7.90. The van der Waals surface area contributed by atoms with E-state index in [9.17, 15) is 0 Å². The molecule has 2 rings (SSSR count). The third-order valence-corrected chi connectivity index (χ3v) is 6.57. The van der Waals surface area contributed by atoms with Crippen LogP contribution in [0.5, 0.6) is 0 Å². The lowest BCUT2D eigenvalue weighted by atomic mass is 9.61. The molecule has 1 aromatic rings. The Hall–Kier alpha value is -0.380. The zero-order valence-electron chi connectivity index (χ0n) is 13.4. The first kappa shape index (κ1) is 16.0. The summed E-state index contributed by atoms with van der Waals surface area (Å²) in [6.07, 6.45) is 3.58. The summed E-state index contributed by atoms with van der Waals surface area (Å²) in [6, 6.07) is 2.64. The van der Waals surface area contributed by atoms with Crippen LogP contribution in [0.1, 0.15) is 51.0 Å². The van der Waals surface area contributed by atoms with E-state index in [0.29, 0.717) is 17.4 Å². The molecule has 3 unspecified atom stereocenters. The molecular formula is C17H30N2S. The summed E-state index contributed by atoms with van der Waals surface area (Å²) in [4.78, 5) is 1.51. The van der Waals surface area contributed by atoms with Crippen molar-refractivity contribution in [3.8, 4) is 0 Å². The highest BCUT2D eigenvalue weighted by molar-refractivity contribution is 7.10. The van der Waals surface area contributed by atoms with Crippen LogP contribution >= 0.6 is 11.3 Å². The summed E-state index contributed by atoms with van der Waals surface area (Å²) in [6.45, 7) is 11.5. The van der Waals surface area contributed by atoms with E-state index in [4.69, 9.17) is 5.73 Å². The molecule has 20 heavy (non-hydrogen) atoms. The molecule has 0 bridgehead atoms. The van der Waals surface area contributed by atoms with E-state index in [1.165, 1.54) is 23.3 Å². The van der Waals surface area contributed by atoms with E-state index in [1.807, 2.05) is 11.3 Å². The van der Waals surface area contributed by atoms with Gasteiger partial charge in [0.25, 0.3) is 0 Å². The van der Waals surface area contributed by atoms with Crippen LogP contribution in [0, 0.1) is 17.3 Å². The first-order valence-electron chi connectivity index (χ1n) is 7.98. The third kappa shape index (κ3) is 3.26. The second kappa shape index (κ2) is 6.59. The van der Waals surface area contributed by atoms with Crippen molar-refractivity contribution in [2.24, 2.45) is 23.0 Å². The van der Waals surface area contributed by atoms with E-state index in [0.717, 1.165) is 25.4 Å². The lowest BCUT2D eigenvalue weighted by molar-refractivity contribution is 0.0539. The highest BCUT2D eigenvalue weighted by Gasteiger charge is 2.41. The zero-order chi connectivity index (χ0) is 14.8. The molecule has 0 aliphatic heterocycles. The lowest BCUT2D eigenvalue weighted by Gasteiger charge is -2.47. The van der Waals surface area contributed by atoms with Crippen LogP contribution in [0.3, 0.4) is 0 Å². The van der Waals surface area contributed by atoms with Crippen molar-refractivity contribution in [2.45, 2.75) is 59.5 Å². The first-order chi connectivity index (χ1) is 9.46. The molecule has 3 N–H and O–H groups in total. The summed E-state index contributed by atoms with van der Waals surface area (Å²) >= 11 is 1.88. The molecule has 3 atom stereocenters. The molecule has 1 aliphatic carbocycles. The molecule has 3 heteroatoms. The number of thiophene rings is 1. The van der Waals surface area contributed by atoms with Crippen LogP contribution in [0.25, 0.3) is 0 Å². The Morgan fingerprint density at radius 1 is 1.40 bits per heavy atom. The normalized spacial score (nSPS) is 29.6. The SMILES string of the molecule is CCc1ccsc1CNCC1CCC(N)C(C)C1(C)C.